The van der Waals surface area contributed by atoms with Crippen molar-refractivity contribution < 1.29 is 0 Å². The first-order chi connectivity index (χ1) is 10.3. The van der Waals surface area contributed by atoms with Crippen molar-refractivity contribution in [2.45, 2.75) is 56.9 Å². The summed E-state index contributed by atoms with van der Waals surface area (Å²) in [5.41, 5.74) is 1.94. The quantitative estimate of drug-likeness (QED) is 0.906. The summed E-state index contributed by atoms with van der Waals surface area (Å²) in [6.07, 6.45) is 8.19. The molecule has 1 aliphatic carbocycles. The Bertz CT molecular complexity index is 422. The summed E-state index contributed by atoms with van der Waals surface area (Å²) in [6, 6.07) is 11.0. The molecule has 0 aromatic heterocycles. The third-order valence-electron chi connectivity index (χ3n) is 5.48. The zero-order chi connectivity index (χ0) is 14.5. The van der Waals surface area contributed by atoms with Gasteiger partial charge in [-0.25, -0.2) is 0 Å². The van der Waals surface area contributed by atoms with E-state index in [1.165, 1.54) is 70.3 Å². The van der Waals surface area contributed by atoms with Crippen molar-refractivity contribution in [3.05, 3.63) is 35.9 Å². The maximum absolute atomic E-state index is 3.86. The number of hydrogen-bond acceptors (Lipinski definition) is 2. The highest BCUT2D eigenvalue weighted by molar-refractivity contribution is 5.18. The molecule has 1 spiro atoms. The Hall–Kier alpha value is -0.860. The summed E-state index contributed by atoms with van der Waals surface area (Å²) < 4.78 is 0. The largest absolute Gasteiger partial charge is 0.310 e. The average molecular weight is 286 g/mol. The van der Waals surface area contributed by atoms with Gasteiger partial charge < -0.3 is 10.2 Å². The van der Waals surface area contributed by atoms with Gasteiger partial charge in [0.1, 0.15) is 0 Å². The molecule has 3 rings (SSSR count). The smallest absolute Gasteiger partial charge is 0.0308 e. The molecule has 2 heteroatoms. The van der Waals surface area contributed by atoms with Crippen molar-refractivity contribution in [2.75, 3.05) is 26.2 Å². The van der Waals surface area contributed by atoms with E-state index < -0.39 is 0 Å². The molecule has 0 radical (unpaired) electrons. The van der Waals surface area contributed by atoms with Crippen LogP contribution in [0.5, 0.6) is 0 Å². The third-order valence-corrected chi connectivity index (χ3v) is 5.48. The molecule has 2 nitrogen and oxygen atoms in total. The van der Waals surface area contributed by atoms with Crippen molar-refractivity contribution in [1.82, 2.24) is 10.2 Å². The molecule has 1 N–H and O–H groups in total. The summed E-state index contributed by atoms with van der Waals surface area (Å²) in [6.45, 7) is 7.38. The molecule has 1 saturated heterocycles. The molecule has 116 valence electrons. The van der Waals surface area contributed by atoms with Gasteiger partial charge >= 0.3 is 0 Å². The maximum atomic E-state index is 3.86. The van der Waals surface area contributed by atoms with E-state index in [0.29, 0.717) is 11.5 Å². The highest BCUT2D eigenvalue weighted by Crippen LogP contribution is 2.32. The lowest BCUT2D eigenvalue weighted by molar-refractivity contribution is 0.205. The second kappa shape index (κ2) is 6.93. The first-order valence-corrected chi connectivity index (χ1v) is 8.80. The van der Waals surface area contributed by atoms with Crippen molar-refractivity contribution in [3.8, 4) is 0 Å². The van der Waals surface area contributed by atoms with Gasteiger partial charge in [0.2, 0.25) is 0 Å². The van der Waals surface area contributed by atoms with E-state index in [-0.39, 0.29) is 0 Å². The molecule has 1 saturated carbocycles. The van der Waals surface area contributed by atoms with E-state index in [1.807, 2.05) is 0 Å². The van der Waals surface area contributed by atoms with E-state index >= 15 is 0 Å². The molecule has 1 aromatic rings. The Morgan fingerprint density at radius 3 is 2.67 bits per heavy atom. The first-order valence-electron chi connectivity index (χ1n) is 8.80. The van der Waals surface area contributed by atoms with Crippen LogP contribution < -0.4 is 5.32 Å². The maximum Gasteiger partial charge on any atom is 0.0308 e. The first kappa shape index (κ1) is 15.1. The topological polar surface area (TPSA) is 15.3 Å². The second-order valence-electron chi connectivity index (χ2n) is 7.14. The second-order valence-corrected chi connectivity index (χ2v) is 7.14. The predicted octanol–water partition coefficient (Wildman–Crippen LogP) is 3.79. The van der Waals surface area contributed by atoms with Crippen LogP contribution in [-0.4, -0.2) is 36.6 Å². The Morgan fingerprint density at radius 1 is 1.14 bits per heavy atom. The average Bonchev–Trinajstić information content (AvgIpc) is 2.87. The number of benzene rings is 1. The van der Waals surface area contributed by atoms with Crippen LogP contribution in [0.15, 0.2) is 30.3 Å². The number of nitrogens with one attached hydrogen (secondary N) is 1. The van der Waals surface area contributed by atoms with Crippen molar-refractivity contribution in [1.29, 1.82) is 0 Å². The van der Waals surface area contributed by atoms with Gasteiger partial charge in [-0.2, -0.15) is 0 Å². The van der Waals surface area contributed by atoms with E-state index in [1.54, 1.807) is 0 Å². The molecule has 1 atom stereocenters. The van der Waals surface area contributed by atoms with Crippen LogP contribution in [0.1, 0.15) is 56.9 Å². The molecule has 0 amide bonds. The molecule has 1 aliphatic heterocycles. The highest BCUT2D eigenvalue weighted by atomic mass is 15.2. The Labute approximate surface area is 129 Å². The van der Waals surface area contributed by atoms with Crippen LogP contribution >= 0.6 is 0 Å². The SMILES string of the molecule is CC(CCN1CCCNC2(CCCC2)C1)c1ccccc1. The minimum Gasteiger partial charge on any atom is -0.310 e. The van der Waals surface area contributed by atoms with Crippen LogP contribution in [0.4, 0.5) is 0 Å². The molecular weight excluding hydrogens is 256 g/mol. The number of rotatable bonds is 4. The summed E-state index contributed by atoms with van der Waals surface area (Å²) in [5.74, 6) is 0.668. The monoisotopic (exact) mass is 286 g/mol. The summed E-state index contributed by atoms with van der Waals surface area (Å²) in [5, 5.41) is 3.86. The normalized spacial score (nSPS) is 24.0. The lowest BCUT2D eigenvalue weighted by Crippen LogP contribution is -2.49. The van der Waals surface area contributed by atoms with E-state index in [0.717, 1.165) is 0 Å². The molecule has 1 aromatic carbocycles. The molecule has 1 unspecified atom stereocenters. The van der Waals surface area contributed by atoms with Crippen molar-refractivity contribution >= 4 is 0 Å². The van der Waals surface area contributed by atoms with Crippen LogP contribution in [0, 0.1) is 0 Å². The Morgan fingerprint density at radius 2 is 1.90 bits per heavy atom. The fraction of sp³-hybridized carbons (Fsp3) is 0.684. The fourth-order valence-corrected chi connectivity index (χ4v) is 4.12. The van der Waals surface area contributed by atoms with Gasteiger partial charge in [0.05, 0.1) is 0 Å². The lowest BCUT2D eigenvalue weighted by Gasteiger charge is -2.33. The van der Waals surface area contributed by atoms with Crippen LogP contribution in [0.2, 0.25) is 0 Å². The Balaban J connectivity index is 1.54. The summed E-state index contributed by atoms with van der Waals surface area (Å²) in [7, 11) is 0. The zero-order valence-electron chi connectivity index (χ0n) is 13.5. The Kier molecular flexibility index (Phi) is 4.97. The molecule has 0 bridgehead atoms. The molecule has 1 heterocycles. The zero-order valence-corrected chi connectivity index (χ0v) is 13.5. The van der Waals surface area contributed by atoms with Crippen molar-refractivity contribution in [3.63, 3.8) is 0 Å². The third kappa shape index (κ3) is 3.87. The molecule has 21 heavy (non-hydrogen) atoms. The van der Waals surface area contributed by atoms with E-state index in [2.05, 4.69) is 47.5 Å². The van der Waals surface area contributed by atoms with Gasteiger partial charge in [-0.1, -0.05) is 50.1 Å². The van der Waals surface area contributed by atoms with Crippen LogP contribution in [0.3, 0.4) is 0 Å². The number of nitrogens with zero attached hydrogens (tertiary/aromatic N) is 1. The fourth-order valence-electron chi connectivity index (χ4n) is 4.12. The van der Waals surface area contributed by atoms with E-state index in [9.17, 15) is 0 Å². The van der Waals surface area contributed by atoms with Gasteiger partial charge in [-0.3, -0.25) is 0 Å². The van der Waals surface area contributed by atoms with Gasteiger partial charge in [0.15, 0.2) is 0 Å². The van der Waals surface area contributed by atoms with Gasteiger partial charge in [-0.15, -0.1) is 0 Å². The summed E-state index contributed by atoms with van der Waals surface area (Å²) >= 11 is 0. The van der Waals surface area contributed by atoms with Crippen LogP contribution in [-0.2, 0) is 0 Å². The standard InChI is InChI=1S/C19H30N2/c1-17(18-8-3-2-4-9-18)10-15-21-14-7-13-20-19(16-21)11-5-6-12-19/h2-4,8-9,17,20H,5-7,10-16H2,1H3. The minimum atomic E-state index is 0.451. The van der Waals surface area contributed by atoms with Gasteiger partial charge in [0.25, 0.3) is 0 Å². The predicted molar refractivity (Wildman–Crippen MR) is 89.7 cm³/mol. The lowest BCUT2D eigenvalue weighted by atomic mass is 9.95. The molecule has 2 aliphatic rings. The highest BCUT2D eigenvalue weighted by Gasteiger charge is 2.36. The van der Waals surface area contributed by atoms with Crippen LogP contribution in [0.25, 0.3) is 0 Å². The minimum absolute atomic E-state index is 0.451. The molecule has 2 fully saturated rings. The van der Waals surface area contributed by atoms with Gasteiger partial charge in [-0.05, 0) is 56.8 Å². The molecular formula is C19H30N2. The van der Waals surface area contributed by atoms with Crippen molar-refractivity contribution in [2.24, 2.45) is 0 Å². The summed E-state index contributed by atoms with van der Waals surface area (Å²) in [4.78, 5) is 2.73. The van der Waals surface area contributed by atoms with Gasteiger partial charge in [0, 0.05) is 12.1 Å². The van der Waals surface area contributed by atoms with E-state index in [4.69, 9.17) is 0 Å². The number of hydrogen-bond donors (Lipinski definition) is 1.